The number of nitrogens with two attached hydrogens (primary N) is 1. The molecule has 1 aliphatic heterocycles. The Balaban J connectivity index is 2.09. The van der Waals surface area contributed by atoms with E-state index in [1.54, 1.807) is 0 Å². The van der Waals surface area contributed by atoms with Crippen LogP contribution in [0.4, 0.5) is 5.69 Å². The summed E-state index contributed by atoms with van der Waals surface area (Å²) < 4.78 is 5.41. The van der Waals surface area contributed by atoms with Crippen molar-refractivity contribution in [1.82, 2.24) is 0 Å². The first-order chi connectivity index (χ1) is 7.92. The lowest BCUT2D eigenvalue weighted by Gasteiger charge is -2.35. The van der Waals surface area contributed by atoms with Crippen molar-refractivity contribution in [3.63, 3.8) is 0 Å². The number of rotatable bonds is 4. The van der Waals surface area contributed by atoms with Crippen molar-refractivity contribution >= 4 is 5.69 Å². The van der Waals surface area contributed by atoms with Crippen LogP contribution in [0.3, 0.4) is 0 Å². The summed E-state index contributed by atoms with van der Waals surface area (Å²) in [6.45, 7) is 3.37. The van der Waals surface area contributed by atoms with E-state index in [1.165, 1.54) is 5.69 Å². The molecule has 3 heteroatoms. The first-order valence-corrected chi connectivity index (χ1v) is 6.01. The third-order valence-corrected chi connectivity index (χ3v) is 3.09. The molecule has 3 nitrogen and oxygen atoms in total. The number of para-hydroxylation sites is 1. The fourth-order valence-corrected chi connectivity index (χ4v) is 2.28. The van der Waals surface area contributed by atoms with E-state index >= 15 is 0 Å². The molecule has 0 aromatic heterocycles. The zero-order chi connectivity index (χ0) is 11.2. The maximum Gasteiger partial charge on any atom is 0.0485 e. The minimum Gasteiger partial charge on any atom is -0.381 e. The average Bonchev–Trinajstić information content (AvgIpc) is 2.38. The van der Waals surface area contributed by atoms with Gasteiger partial charge >= 0.3 is 0 Å². The summed E-state index contributed by atoms with van der Waals surface area (Å²) in [5, 5.41) is 0. The summed E-state index contributed by atoms with van der Waals surface area (Å²) in [7, 11) is 0. The zero-order valence-electron chi connectivity index (χ0n) is 9.64. The van der Waals surface area contributed by atoms with Gasteiger partial charge in [0.15, 0.2) is 0 Å². The van der Waals surface area contributed by atoms with Gasteiger partial charge in [-0.2, -0.15) is 0 Å². The third-order valence-electron chi connectivity index (χ3n) is 3.09. The average molecular weight is 220 g/mol. The quantitative estimate of drug-likeness (QED) is 0.838. The van der Waals surface area contributed by atoms with Crippen molar-refractivity contribution in [3.8, 4) is 0 Å². The van der Waals surface area contributed by atoms with Gasteiger partial charge in [0.25, 0.3) is 0 Å². The van der Waals surface area contributed by atoms with Crippen molar-refractivity contribution in [2.75, 3.05) is 31.2 Å². The molecule has 0 radical (unpaired) electrons. The highest BCUT2D eigenvalue weighted by Crippen LogP contribution is 2.21. The number of hydrogen-bond acceptors (Lipinski definition) is 3. The van der Waals surface area contributed by atoms with Gasteiger partial charge < -0.3 is 15.4 Å². The Hall–Kier alpha value is -1.06. The van der Waals surface area contributed by atoms with Crippen LogP contribution in [0, 0.1) is 0 Å². The van der Waals surface area contributed by atoms with E-state index in [0.29, 0.717) is 12.6 Å². The summed E-state index contributed by atoms with van der Waals surface area (Å²) in [6, 6.07) is 11.1. The van der Waals surface area contributed by atoms with Gasteiger partial charge in [-0.1, -0.05) is 18.2 Å². The Kier molecular flexibility index (Phi) is 4.19. The zero-order valence-corrected chi connectivity index (χ0v) is 9.64. The second-order valence-electron chi connectivity index (χ2n) is 4.16. The van der Waals surface area contributed by atoms with Gasteiger partial charge in [0, 0.05) is 38.0 Å². The largest absolute Gasteiger partial charge is 0.381 e. The molecule has 88 valence electrons. The molecule has 0 amide bonds. The minimum absolute atomic E-state index is 0.583. The van der Waals surface area contributed by atoms with Crippen molar-refractivity contribution < 1.29 is 4.74 Å². The van der Waals surface area contributed by atoms with Crippen molar-refractivity contribution in [3.05, 3.63) is 30.3 Å². The van der Waals surface area contributed by atoms with Crippen molar-refractivity contribution in [2.45, 2.75) is 18.9 Å². The molecule has 1 heterocycles. The molecule has 0 aliphatic carbocycles. The van der Waals surface area contributed by atoms with E-state index in [1.807, 2.05) is 6.07 Å². The van der Waals surface area contributed by atoms with Crippen LogP contribution in [0.2, 0.25) is 0 Å². The highest BCUT2D eigenvalue weighted by Gasteiger charge is 2.20. The smallest absolute Gasteiger partial charge is 0.0485 e. The first kappa shape index (κ1) is 11.4. The van der Waals surface area contributed by atoms with Crippen LogP contribution < -0.4 is 10.6 Å². The second kappa shape index (κ2) is 5.87. The monoisotopic (exact) mass is 220 g/mol. The van der Waals surface area contributed by atoms with Crippen LogP contribution in [0.15, 0.2) is 30.3 Å². The predicted octanol–water partition coefficient (Wildman–Crippen LogP) is 1.63. The van der Waals surface area contributed by atoms with Crippen LogP contribution >= 0.6 is 0 Å². The molecule has 0 unspecified atom stereocenters. The number of hydrogen-bond donors (Lipinski definition) is 1. The number of benzene rings is 1. The topological polar surface area (TPSA) is 38.5 Å². The number of anilines is 1. The maximum absolute atomic E-state index is 5.70. The molecule has 0 bridgehead atoms. The summed E-state index contributed by atoms with van der Waals surface area (Å²) in [5.41, 5.74) is 6.98. The lowest BCUT2D eigenvalue weighted by atomic mass is 10.1. The molecule has 1 aromatic rings. The van der Waals surface area contributed by atoms with Crippen LogP contribution in [0.1, 0.15) is 12.8 Å². The summed E-state index contributed by atoms with van der Waals surface area (Å²) >= 11 is 0. The van der Waals surface area contributed by atoms with Gasteiger partial charge in [-0.15, -0.1) is 0 Å². The third kappa shape index (κ3) is 2.74. The number of ether oxygens (including phenoxy) is 1. The van der Waals surface area contributed by atoms with Crippen LogP contribution in [0.5, 0.6) is 0 Å². The lowest BCUT2D eigenvalue weighted by Crippen LogP contribution is -2.42. The van der Waals surface area contributed by atoms with Crippen molar-refractivity contribution in [1.29, 1.82) is 0 Å². The Morgan fingerprint density at radius 1 is 1.19 bits per heavy atom. The van der Waals surface area contributed by atoms with Crippen LogP contribution in [-0.4, -0.2) is 32.3 Å². The van der Waals surface area contributed by atoms with E-state index in [4.69, 9.17) is 10.5 Å². The summed E-state index contributed by atoms with van der Waals surface area (Å²) in [6.07, 6.45) is 2.21. The lowest BCUT2D eigenvalue weighted by molar-refractivity contribution is 0.0845. The van der Waals surface area contributed by atoms with Crippen LogP contribution in [0.25, 0.3) is 0 Å². The van der Waals surface area contributed by atoms with Gasteiger partial charge in [0.1, 0.15) is 0 Å². The van der Waals surface area contributed by atoms with Gasteiger partial charge in [-0.05, 0) is 25.0 Å². The molecule has 1 aromatic carbocycles. The molecule has 0 spiro atoms. The molecule has 2 rings (SSSR count). The van der Waals surface area contributed by atoms with Gasteiger partial charge in [-0.3, -0.25) is 0 Å². The molecule has 1 saturated heterocycles. The highest BCUT2D eigenvalue weighted by atomic mass is 16.5. The predicted molar refractivity (Wildman–Crippen MR) is 66.7 cm³/mol. The normalized spacial score (nSPS) is 17.3. The fraction of sp³-hybridized carbons (Fsp3) is 0.538. The summed E-state index contributed by atoms with van der Waals surface area (Å²) in [4.78, 5) is 2.42. The standard InChI is InChI=1S/C13H20N2O/c14-8-9-15(12-4-2-1-3-5-12)13-6-10-16-11-7-13/h1-5,13H,6-11,14H2. The minimum atomic E-state index is 0.583. The molecule has 16 heavy (non-hydrogen) atoms. The van der Waals surface area contributed by atoms with Gasteiger partial charge in [0.05, 0.1) is 0 Å². The van der Waals surface area contributed by atoms with Gasteiger partial charge in [0.2, 0.25) is 0 Å². The molecule has 0 saturated carbocycles. The first-order valence-electron chi connectivity index (χ1n) is 6.01. The number of nitrogens with zero attached hydrogens (tertiary/aromatic N) is 1. The Morgan fingerprint density at radius 2 is 1.88 bits per heavy atom. The van der Waals surface area contributed by atoms with Crippen molar-refractivity contribution in [2.24, 2.45) is 5.73 Å². The molecule has 2 N–H and O–H groups in total. The van der Waals surface area contributed by atoms with E-state index in [-0.39, 0.29) is 0 Å². The molecule has 1 aliphatic rings. The molecular formula is C13H20N2O. The highest BCUT2D eigenvalue weighted by molar-refractivity contribution is 5.47. The Bertz CT molecular complexity index is 296. The molecule has 0 atom stereocenters. The van der Waals surface area contributed by atoms with Gasteiger partial charge in [-0.25, -0.2) is 0 Å². The fourth-order valence-electron chi connectivity index (χ4n) is 2.28. The summed E-state index contributed by atoms with van der Waals surface area (Å²) in [5.74, 6) is 0. The SMILES string of the molecule is NCCN(c1ccccc1)C1CCOCC1. The second-order valence-corrected chi connectivity index (χ2v) is 4.16. The Labute approximate surface area is 97.2 Å². The van der Waals surface area contributed by atoms with E-state index in [9.17, 15) is 0 Å². The van der Waals surface area contributed by atoms with E-state index in [2.05, 4.69) is 29.2 Å². The molecular weight excluding hydrogens is 200 g/mol. The van der Waals surface area contributed by atoms with Crippen LogP contribution in [-0.2, 0) is 4.74 Å². The molecule has 1 fully saturated rings. The van der Waals surface area contributed by atoms with E-state index < -0.39 is 0 Å². The maximum atomic E-state index is 5.70. The van der Waals surface area contributed by atoms with E-state index in [0.717, 1.165) is 32.6 Å². The Morgan fingerprint density at radius 3 is 2.50 bits per heavy atom.